The molecule has 2 aliphatic rings. The topological polar surface area (TPSA) is 77.8 Å². The normalized spacial score (nSPS) is 17.6. The highest BCUT2D eigenvalue weighted by Gasteiger charge is 2.23. The van der Waals surface area contributed by atoms with Crippen molar-refractivity contribution in [3.63, 3.8) is 0 Å². The summed E-state index contributed by atoms with van der Waals surface area (Å²) in [4.78, 5) is 33.4. The van der Waals surface area contributed by atoms with Gasteiger partial charge in [0.25, 0.3) is 0 Å². The third kappa shape index (κ3) is 7.75. The zero-order chi connectivity index (χ0) is 24.5. The molecule has 183 valence electrons. The lowest BCUT2D eigenvalue weighted by atomic mass is 10.1. The summed E-state index contributed by atoms with van der Waals surface area (Å²) in [5.74, 6) is 0.464. The van der Waals surface area contributed by atoms with E-state index in [-0.39, 0.29) is 31.4 Å². The minimum atomic E-state index is -0.284. The lowest BCUT2D eigenvalue weighted by molar-refractivity contribution is -0.131. The lowest BCUT2D eigenvalue weighted by Gasteiger charge is -2.23. The number of para-hydroxylation sites is 1. The number of ether oxygens (including phenoxy) is 1. The predicted molar refractivity (Wildman–Crippen MR) is 136 cm³/mol. The molecule has 2 heterocycles. The monoisotopic (exact) mass is 474 g/mol. The van der Waals surface area contributed by atoms with E-state index in [4.69, 9.17) is 4.74 Å². The molecule has 1 radical (unpaired) electrons. The van der Waals surface area contributed by atoms with Crippen molar-refractivity contribution in [2.45, 2.75) is 26.3 Å². The molecular weight excluding hydrogens is 442 g/mol. The summed E-state index contributed by atoms with van der Waals surface area (Å²) < 4.78 is 5.54. The molecule has 8 heteroatoms. The van der Waals surface area contributed by atoms with Crippen LogP contribution in [0.1, 0.15) is 24.0 Å². The molecule has 0 N–H and O–H groups in total. The molecule has 0 spiro atoms. The van der Waals surface area contributed by atoms with E-state index < -0.39 is 0 Å². The fraction of sp³-hybridized carbons (Fsp3) is 0.370. The van der Waals surface area contributed by atoms with Gasteiger partial charge < -0.3 is 9.64 Å². The second kappa shape index (κ2) is 12.3. The summed E-state index contributed by atoms with van der Waals surface area (Å²) in [5.41, 5.74) is 3.00. The van der Waals surface area contributed by atoms with E-state index in [1.807, 2.05) is 35.2 Å². The largest absolute Gasteiger partial charge is 0.493 e. The number of hydrogen-bond donors (Lipinski definition) is 0. The molecular formula is C27H32N5O3. The second-order valence-corrected chi connectivity index (χ2v) is 8.81. The molecule has 0 unspecified atom stereocenters. The first-order valence-electron chi connectivity index (χ1n) is 12.1. The van der Waals surface area contributed by atoms with Crippen LogP contribution in [0.5, 0.6) is 5.75 Å². The number of amides is 2. The maximum absolute atomic E-state index is 12.9. The Balaban J connectivity index is 1.18. The third-order valence-electron chi connectivity index (χ3n) is 5.97. The fourth-order valence-corrected chi connectivity index (χ4v) is 4.04. The highest BCUT2D eigenvalue weighted by atomic mass is 16.5. The number of aryl methyl sites for hydroxylation is 1. The average molecular weight is 475 g/mol. The highest BCUT2D eigenvalue weighted by molar-refractivity contribution is 6.37. The number of carbonyl (C=O) groups excluding carboxylic acids is 2. The highest BCUT2D eigenvalue weighted by Crippen LogP contribution is 2.12. The van der Waals surface area contributed by atoms with Gasteiger partial charge in [0.1, 0.15) is 18.8 Å². The van der Waals surface area contributed by atoms with Gasteiger partial charge in [0.15, 0.2) is 0 Å². The smallest absolute Gasteiger partial charge is 0.249 e. The van der Waals surface area contributed by atoms with Crippen LogP contribution >= 0.6 is 0 Å². The molecule has 0 aliphatic carbocycles. The second-order valence-electron chi connectivity index (χ2n) is 8.81. The van der Waals surface area contributed by atoms with Crippen molar-refractivity contribution in [3.05, 3.63) is 72.3 Å². The molecule has 2 aliphatic heterocycles. The first-order valence-corrected chi connectivity index (χ1v) is 12.1. The standard InChI is InChI=1S/C27H32N5O3/c1-22-8-10-23(11-9-22)19-30-13-5-14-31(16-15-30)27(34)21-32-20-24(18-28-32)29-26(33)12-17-35-25-6-3-2-4-7-25/h2-4,6-11,18,20H,5,12-17,19,21H2,1H3. The maximum Gasteiger partial charge on any atom is 0.249 e. The Bertz CT molecular complexity index is 1050. The number of carbonyl (C=O) groups is 2. The summed E-state index contributed by atoms with van der Waals surface area (Å²) in [6.45, 7) is 8.28. The van der Waals surface area contributed by atoms with Crippen molar-refractivity contribution in [3.8, 4) is 5.75 Å². The van der Waals surface area contributed by atoms with Crippen molar-refractivity contribution < 1.29 is 14.3 Å². The maximum atomic E-state index is 12.9. The number of hydrogen-bond acceptors (Lipinski definition) is 6. The van der Waals surface area contributed by atoms with E-state index >= 15 is 0 Å². The van der Waals surface area contributed by atoms with Gasteiger partial charge in [-0.2, -0.15) is 5.10 Å². The Kier molecular flexibility index (Phi) is 8.62. The molecule has 0 saturated carbocycles. The molecule has 2 amide bonds. The van der Waals surface area contributed by atoms with E-state index in [1.165, 1.54) is 17.3 Å². The van der Waals surface area contributed by atoms with Crippen LogP contribution in [0.15, 0.2) is 64.7 Å². The van der Waals surface area contributed by atoms with E-state index in [2.05, 4.69) is 46.2 Å². The third-order valence-corrected chi connectivity index (χ3v) is 5.97. The molecule has 35 heavy (non-hydrogen) atoms. The van der Waals surface area contributed by atoms with Gasteiger partial charge in [0.2, 0.25) is 11.8 Å². The van der Waals surface area contributed by atoms with Gasteiger partial charge in [-0.3, -0.25) is 19.5 Å². The molecule has 2 aromatic carbocycles. The number of benzene rings is 2. The van der Waals surface area contributed by atoms with Crippen LogP contribution in [-0.2, 0) is 16.1 Å². The van der Waals surface area contributed by atoms with Gasteiger partial charge in [0, 0.05) is 32.7 Å². The Hall–Kier alpha value is -3.52. The van der Waals surface area contributed by atoms with Gasteiger partial charge in [0.05, 0.1) is 25.0 Å². The quantitative estimate of drug-likeness (QED) is 0.588. The zero-order valence-corrected chi connectivity index (χ0v) is 20.2. The summed E-state index contributed by atoms with van der Waals surface area (Å²) >= 11 is 0. The molecule has 2 aromatic rings. The molecule has 1 fully saturated rings. The van der Waals surface area contributed by atoms with Gasteiger partial charge in [-0.1, -0.05) is 48.0 Å². The lowest BCUT2D eigenvalue weighted by Crippen LogP contribution is -2.40. The number of aliphatic imine (C=N–C) groups is 1. The van der Waals surface area contributed by atoms with Crippen LogP contribution in [0.3, 0.4) is 0 Å². The SMILES string of the molecule is Cc1ccc(CN2CCCN(C(=O)CN3[CH]C(=NC(=O)CCOc4ccccc4)C=N3)CC2)cc1. The van der Waals surface area contributed by atoms with Crippen molar-refractivity contribution in [2.75, 3.05) is 39.3 Å². The van der Waals surface area contributed by atoms with E-state index in [9.17, 15) is 9.59 Å². The average Bonchev–Trinajstić information content (AvgIpc) is 3.15. The molecule has 1 saturated heterocycles. The van der Waals surface area contributed by atoms with Crippen molar-refractivity contribution >= 4 is 23.7 Å². The van der Waals surface area contributed by atoms with E-state index in [0.29, 0.717) is 12.3 Å². The Labute approximate surface area is 206 Å². The summed E-state index contributed by atoms with van der Waals surface area (Å²) in [6, 6.07) is 18.0. The first kappa shape index (κ1) is 24.6. The fourth-order valence-electron chi connectivity index (χ4n) is 4.04. The van der Waals surface area contributed by atoms with Crippen molar-refractivity contribution in [1.29, 1.82) is 0 Å². The minimum Gasteiger partial charge on any atom is -0.493 e. The predicted octanol–water partition coefficient (Wildman–Crippen LogP) is 2.93. The van der Waals surface area contributed by atoms with Gasteiger partial charge >= 0.3 is 0 Å². The Morgan fingerprint density at radius 3 is 2.60 bits per heavy atom. The first-order chi connectivity index (χ1) is 17.0. The Morgan fingerprint density at radius 2 is 1.80 bits per heavy atom. The Morgan fingerprint density at radius 1 is 1.00 bits per heavy atom. The minimum absolute atomic E-state index is 0.0272. The molecule has 0 atom stereocenters. The number of rotatable bonds is 8. The zero-order valence-electron chi connectivity index (χ0n) is 20.2. The van der Waals surface area contributed by atoms with Crippen LogP contribution < -0.4 is 4.74 Å². The summed E-state index contributed by atoms with van der Waals surface area (Å²) in [5, 5.41) is 5.76. The number of hydrazone groups is 1. The molecule has 0 bridgehead atoms. The van der Waals surface area contributed by atoms with Crippen LogP contribution in [0, 0.1) is 13.5 Å². The van der Waals surface area contributed by atoms with Crippen LogP contribution in [0.25, 0.3) is 0 Å². The summed E-state index contributed by atoms with van der Waals surface area (Å²) in [7, 11) is 0. The van der Waals surface area contributed by atoms with Gasteiger partial charge in [-0.15, -0.1) is 0 Å². The van der Waals surface area contributed by atoms with E-state index in [0.717, 1.165) is 38.3 Å². The molecule has 8 nitrogen and oxygen atoms in total. The van der Waals surface area contributed by atoms with Crippen LogP contribution in [0.4, 0.5) is 0 Å². The van der Waals surface area contributed by atoms with Gasteiger partial charge in [-0.05, 0) is 31.0 Å². The van der Waals surface area contributed by atoms with Crippen LogP contribution in [0.2, 0.25) is 0 Å². The van der Waals surface area contributed by atoms with Crippen LogP contribution in [-0.4, -0.2) is 77.9 Å². The number of nitrogens with zero attached hydrogens (tertiary/aromatic N) is 5. The molecule has 4 rings (SSSR count). The summed E-state index contributed by atoms with van der Waals surface area (Å²) in [6.07, 6.45) is 2.62. The van der Waals surface area contributed by atoms with Crippen molar-refractivity contribution in [2.24, 2.45) is 10.1 Å². The van der Waals surface area contributed by atoms with E-state index in [1.54, 1.807) is 11.6 Å². The van der Waals surface area contributed by atoms with Gasteiger partial charge in [-0.25, -0.2) is 4.99 Å². The molecule has 0 aromatic heterocycles. The van der Waals surface area contributed by atoms with Crippen molar-refractivity contribution in [1.82, 2.24) is 14.8 Å².